The highest BCUT2D eigenvalue weighted by atomic mass is 16.3. The Kier molecular flexibility index (Phi) is 4.44. The maximum absolute atomic E-state index is 12.4. The van der Waals surface area contributed by atoms with Crippen molar-refractivity contribution in [1.82, 2.24) is 9.88 Å². The third-order valence-electron chi connectivity index (χ3n) is 4.30. The van der Waals surface area contributed by atoms with Gasteiger partial charge in [0.1, 0.15) is 0 Å². The van der Waals surface area contributed by atoms with Gasteiger partial charge in [-0.3, -0.25) is 0 Å². The molecule has 1 aromatic heterocycles. The number of nitrogens with one attached hydrogen (secondary N) is 1. The Labute approximate surface area is 129 Å². The fourth-order valence-corrected chi connectivity index (χ4v) is 3.18. The molecule has 0 aromatic carbocycles. The average molecular weight is 306 g/mol. The molecule has 2 aliphatic rings. The topological polar surface area (TPSA) is 88.9 Å². The van der Waals surface area contributed by atoms with Gasteiger partial charge in [0.05, 0.1) is 24.4 Å². The number of urea groups is 1. The normalized spacial score (nSPS) is 24.8. The predicted octanol–water partition coefficient (Wildman–Crippen LogP) is 0.641. The number of aliphatic hydroxyl groups excluding tert-OH is 2. The number of rotatable bonds is 3. The van der Waals surface area contributed by atoms with E-state index >= 15 is 0 Å². The van der Waals surface area contributed by atoms with E-state index in [1.165, 1.54) is 4.90 Å². The number of hydrogen-bond donors (Lipinski definition) is 3. The van der Waals surface area contributed by atoms with Crippen LogP contribution >= 0.6 is 0 Å². The summed E-state index contributed by atoms with van der Waals surface area (Å²) in [5, 5.41) is 21.9. The molecule has 7 nitrogen and oxygen atoms in total. The molecule has 2 saturated heterocycles. The average Bonchev–Trinajstić information content (AvgIpc) is 3.17. The molecular weight excluding hydrogens is 284 g/mol. The van der Waals surface area contributed by atoms with E-state index in [-0.39, 0.29) is 25.2 Å². The molecule has 2 aliphatic heterocycles. The molecule has 2 atom stereocenters. The fraction of sp³-hybridized carbons (Fsp3) is 0.600. The molecule has 7 heteroatoms. The van der Waals surface area contributed by atoms with Crippen LogP contribution in [0.3, 0.4) is 0 Å². The van der Waals surface area contributed by atoms with Crippen molar-refractivity contribution in [3.63, 3.8) is 0 Å². The molecule has 0 spiro atoms. The standard InChI is InChI=1S/C15H22N4O3/c20-10-11-8-12(21)9-19(11)15(22)17-13-4-3-5-16-14(13)18-6-1-2-7-18/h3-5,11-12,20-21H,1-2,6-10H2,(H,17,22)/t11-,12-/m1/s1. The highest BCUT2D eigenvalue weighted by molar-refractivity contribution is 5.92. The predicted molar refractivity (Wildman–Crippen MR) is 82.9 cm³/mol. The number of carbonyl (C=O) groups is 1. The van der Waals surface area contributed by atoms with E-state index < -0.39 is 6.10 Å². The van der Waals surface area contributed by atoms with Gasteiger partial charge in [0.2, 0.25) is 0 Å². The van der Waals surface area contributed by atoms with Crippen molar-refractivity contribution < 1.29 is 15.0 Å². The van der Waals surface area contributed by atoms with E-state index in [4.69, 9.17) is 0 Å². The summed E-state index contributed by atoms with van der Waals surface area (Å²) < 4.78 is 0. The number of aliphatic hydroxyl groups is 2. The van der Waals surface area contributed by atoms with Crippen LogP contribution in [0.1, 0.15) is 19.3 Å². The number of likely N-dealkylation sites (tertiary alicyclic amines) is 1. The van der Waals surface area contributed by atoms with Crippen LogP contribution in [0.2, 0.25) is 0 Å². The number of aromatic nitrogens is 1. The second-order valence-electron chi connectivity index (χ2n) is 5.88. The number of nitrogens with zero attached hydrogens (tertiary/aromatic N) is 3. The second kappa shape index (κ2) is 6.50. The second-order valence-corrected chi connectivity index (χ2v) is 5.88. The van der Waals surface area contributed by atoms with Crippen LogP contribution in [0.25, 0.3) is 0 Å². The van der Waals surface area contributed by atoms with Gasteiger partial charge in [0.25, 0.3) is 0 Å². The molecule has 1 aromatic rings. The van der Waals surface area contributed by atoms with Gasteiger partial charge < -0.3 is 25.3 Å². The van der Waals surface area contributed by atoms with E-state index in [9.17, 15) is 15.0 Å². The van der Waals surface area contributed by atoms with Gasteiger partial charge in [-0.05, 0) is 31.4 Å². The largest absolute Gasteiger partial charge is 0.394 e. The number of β-amino-alcohol motifs (C(OH)–C–C–N with tert-alkyl or cyclic N) is 1. The molecule has 120 valence electrons. The van der Waals surface area contributed by atoms with Crippen molar-refractivity contribution in [2.24, 2.45) is 0 Å². The molecule has 3 heterocycles. The lowest BCUT2D eigenvalue weighted by atomic mass is 10.2. The summed E-state index contributed by atoms with van der Waals surface area (Å²) in [7, 11) is 0. The Morgan fingerprint density at radius 1 is 1.41 bits per heavy atom. The van der Waals surface area contributed by atoms with Gasteiger partial charge in [-0.25, -0.2) is 9.78 Å². The van der Waals surface area contributed by atoms with Crippen molar-refractivity contribution >= 4 is 17.5 Å². The van der Waals surface area contributed by atoms with E-state index in [0.717, 1.165) is 31.7 Å². The molecule has 0 unspecified atom stereocenters. The van der Waals surface area contributed by atoms with Crippen LogP contribution in [-0.2, 0) is 0 Å². The Bertz CT molecular complexity index is 533. The first kappa shape index (κ1) is 15.1. The van der Waals surface area contributed by atoms with Crippen LogP contribution in [0, 0.1) is 0 Å². The summed E-state index contributed by atoms with van der Waals surface area (Å²) in [6, 6.07) is 2.99. The Morgan fingerprint density at radius 2 is 2.18 bits per heavy atom. The maximum Gasteiger partial charge on any atom is 0.322 e. The van der Waals surface area contributed by atoms with Crippen molar-refractivity contribution in [3.8, 4) is 0 Å². The zero-order chi connectivity index (χ0) is 15.5. The van der Waals surface area contributed by atoms with Crippen molar-refractivity contribution in [3.05, 3.63) is 18.3 Å². The Hall–Kier alpha value is -1.86. The van der Waals surface area contributed by atoms with Crippen molar-refractivity contribution in [2.45, 2.75) is 31.4 Å². The molecule has 0 aliphatic carbocycles. The lowest BCUT2D eigenvalue weighted by Gasteiger charge is -2.25. The molecule has 22 heavy (non-hydrogen) atoms. The van der Waals surface area contributed by atoms with Gasteiger partial charge in [-0.2, -0.15) is 0 Å². The highest BCUT2D eigenvalue weighted by Gasteiger charge is 2.34. The van der Waals surface area contributed by atoms with Crippen molar-refractivity contribution in [2.75, 3.05) is 36.5 Å². The zero-order valence-electron chi connectivity index (χ0n) is 12.5. The molecule has 2 fully saturated rings. The molecule has 2 amide bonds. The van der Waals surface area contributed by atoms with E-state index in [0.29, 0.717) is 12.1 Å². The van der Waals surface area contributed by atoms with Gasteiger partial charge in [-0.1, -0.05) is 0 Å². The summed E-state index contributed by atoms with van der Waals surface area (Å²) >= 11 is 0. The fourth-order valence-electron chi connectivity index (χ4n) is 3.18. The third kappa shape index (κ3) is 3.00. The number of pyridine rings is 1. The first-order valence-electron chi connectivity index (χ1n) is 7.75. The summed E-state index contributed by atoms with van der Waals surface area (Å²) in [6.07, 6.45) is 3.83. The third-order valence-corrected chi connectivity index (χ3v) is 4.30. The van der Waals surface area contributed by atoms with E-state index in [1.54, 1.807) is 12.3 Å². The van der Waals surface area contributed by atoms with Crippen LogP contribution < -0.4 is 10.2 Å². The van der Waals surface area contributed by atoms with E-state index in [2.05, 4.69) is 15.2 Å². The summed E-state index contributed by atoms with van der Waals surface area (Å²) in [5.41, 5.74) is 0.674. The first-order chi connectivity index (χ1) is 10.7. The highest BCUT2D eigenvalue weighted by Crippen LogP contribution is 2.27. The molecule has 0 saturated carbocycles. The minimum Gasteiger partial charge on any atom is -0.394 e. The maximum atomic E-state index is 12.4. The van der Waals surface area contributed by atoms with Crippen LogP contribution in [-0.4, -0.2) is 64.5 Å². The van der Waals surface area contributed by atoms with E-state index in [1.807, 2.05) is 6.07 Å². The van der Waals surface area contributed by atoms with Crippen LogP contribution in [0.4, 0.5) is 16.3 Å². The minimum absolute atomic E-state index is 0.142. The molecule has 0 bridgehead atoms. The quantitative estimate of drug-likeness (QED) is 0.763. The minimum atomic E-state index is -0.574. The summed E-state index contributed by atoms with van der Waals surface area (Å²) in [4.78, 5) is 20.5. The smallest absolute Gasteiger partial charge is 0.322 e. The number of amides is 2. The lowest BCUT2D eigenvalue weighted by Crippen LogP contribution is -2.41. The van der Waals surface area contributed by atoms with Gasteiger partial charge in [0, 0.05) is 25.8 Å². The Balaban J connectivity index is 1.74. The SMILES string of the molecule is O=C(Nc1cccnc1N1CCCC1)N1C[C@H](O)C[C@@H]1CO. The number of carbonyl (C=O) groups excluding carboxylic acids is 1. The first-order valence-corrected chi connectivity index (χ1v) is 7.75. The van der Waals surface area contributed by atoms with Crippen molar-refractivity contribution in [1.29, 1.82) is 0 Å². The molecular formula is C15H22N4O3. The van der Waals surface area contributed by atoms with Gasteiger partial charge in [-0.15, -0.1) is 0 Å². The summed E-state index contributed by atoms with van der Waals surface area (Å²) in [5.74, 6) is 0.786. The molecule has 3 rings (SSSR count). The number of hydrogen-bond acceptors (Lipinski definition) is 5. The zero-order valence-corrected chi connectivity index (χ0v) is 12.5. The number of anilines is 2. The van der Waals surface area contributed by atoms with Gasteiger partial charge in [0.15, 0.2) is 5.82 Å². The molecule has 3 N–H and O–H groups in total. The van der Waals surface area contributed by atoms with Crippen LogP contribution in [0.5, 0.6) is 0 Å². The monoisotopic (exact) mass is 306 g/mol. The van der Waals surface area contributed by atoms with Gasteiger partial charge >= 0.3 is 6.03 Å². The molecule has 0 radical (unpaired) electrons. The Morgan fingerprint density at radius 3 is 2.91 bits per heavy atom. The van der Waals surface area contributed by atoms with Crippen LogP contribution in [0.15, 0.2) is 18.3 Å². The summed E-state index contributed by atoms with van der Waals surface area (Å²) in [6.45, 7) is 2.00. The lowest BCUT2D eigenvalue weighted by molar-refractivity contribution is 0.164.